The van der Waals surface area contributed by atoms with Crippen LogP contribution in [0.3, 0.4) is 0 Å². The van der Waals surface area contributed by atoms with Crippen LogP contribution in [-0.2, 0) is 11.3 Å². The zero-order valence-electron chi connectivity index (χ0n) is 15.4. The predicted octanol–water partition coefficient (Wildman–Crippen LogP) is 2.24. The first-order valence-electron chi connectivity index (χ1n) is 8.82. The number of carbonyl (C=O) groups is 1. The standard InChI is InChI=1S/C19H22N4O3S/c1-3-10-23(12-17(24)20-14-7-4-5-8-15(14)25-2)13-18-21-22-19(26-18)16-9-6-11-27-16/h4-9,11H,3,10,12-13H2,1-2H3,(H,20,24)/p+1. The van der Waals surface area contributed by atoms with Crippen molar-refractivity contribution in [2.45, 2.75) is 19.9 Å². The number of methoxy groups -OCH3 is 1. The van der Waals surface area contributed by atoms with Gasteiger partial charge in [0.1, 0.15) is 5.75 Å². The van der Waals surface area contributed by atoms with Gasteiger partial charge in [0.2, 0.25) is 0 Å². The van der Waals surface area contributed by atoms with Gasteiger partial charge in [-0.3, -0.25) is 4.79 Å². The van der Waals surface area contributed by atoms with Crippen LogP contribution >= 0.6 is 11.3 Å². The molecule has 0 spiro atoms. The van der Waals surface area contributed by atoms with E-state index in [2.05, 4.69) is 22.4 Å². The first-order valence-corrected chi connectivity index (χ1v) is 9.70. The average molecular weight is 387 g/mol. The SMILES string of the molecule is CCC[NH+](CC(=O)Nc1ccccc1OC)Cc1nnc(-c2cccs2)o1. The number of rotatable bonds is 9. The van der Waals surface area contributed by atoms with Crippen molar-refractivity contribution in [3.8, 4) is 16.5 Å². The van der Waals surface area contributed by atoms with E-state index in [-0.39, 0.29) is 5.91 Å². The normalized spacial score (nSPS) is 11.9. The molecule has 2 heterocycles. The summed E-state index contributed by atoms with van der Waals surface area (Å²) < 4.78 is 11.0. The van der Waals surface area contributed by atoms with Crippen LogP contribution < -0.4 is 15.0 Å². The van der Waals surface area contributed by atoms with E-state index >= 15 is 0 Å². The van der Waals surface area contributed by atoms with Crippen LogP contribution in [0.1, 0.15) is 19.2 Å². The molecule has 1 unspecified atom stereocenters. The molecule has 3 aromatic rings. The van der Waals surface area contributed by atoms with Crippen molar-refractivity contribution in [2.75, 3.05) is 25.5 Å². The number of amides is 1. The van der Waals surface area contributed by atoms with E-state index in [1.54, 1.807) is 18.4 Å². The second-order valence-corrected chi connectivity index (χ2v) is 7.03. The number of anilines is 1. The molecule has 142 valence electrons. The lowest BCUT2D eigenvalue weighted by atomic mass is 10.3. The molecule has 7 nitrogen and oxygen atoms in total. The summed E-state index contributed by atoms with van der Waals surface area (Å²) in [5.74, 6) is 1.61. The van der Waals surface area contributed by atoms with Crippen molar-refractivity contribution in [1.29, 1.82) is 0 Å². The number of hydrogen-bond acceptors (Lipinski definition) is 6. The smallest absolute Gasteiger partial charge is 0.279 e. The van der Waals surface area contributed by atoms with Crippen LogP contribution in [0.5, 0.6) is 5.75 Å². The minimum absolute atomic E-state index is 0.0825. The number of carbonyl (C=O) groups excluding carboxylic acids is 1. The highest BCUT2D eigenvalue weighted by atomic mass is 32.1. The molecule has 0 aliphatic carbocycles. The molecular weight excluding hydrogens is 364 g/mol. The first kappa shape index (κ1) is 19.1. The van der Waals surface area contributed by atoms with Gasteiger partial charge in [0.25, 0.3) is 17.7 Å². The van der Waals surface area contributed by atoms with Gasteiger partial charge in [0.15, 0.2) is 13.1 Å². The molecule has 0 fully saturated rings. The van der Waals surface area contributed by atoms with Crippen molar-refractivity contribution < 1.29 is 18.8 Å². The Labute approximate surface area is 162 Å². The Kier molecular flexibility index (Phi) is 6.56. The number of benzene rings is 1. The summed E-state index contributed by atoms with van der Waals surface area (Å²) in [7, 11) is 1.58. The summed E-state index contributed by atoms with van der Waals surface area (Å²) in [4.78, 5) is 14.5. The summed E-state index contributed by atoms with van der Waals surface area (Å²) in [5, 5.41) is 13.1. The van der Waals surface area contributed by atoms with E-state index in [9.17, 15) is 4.79 Å². The Balaban J connectivity index is 1.62. The van der Waals surface area contributed by atoms with Crippen molar-refractivity contribution in [3.05, 3.63) is 47.7 Å². The Morgan fingerprint density at radius 2 is 2.11 bits per heavy atom. The molecular formula is C19H23N4O3S+. The Hall–Kier alpha value is -2.71. The Morgan fingerprint density at radius 3 is 2.85 bits per heavy atom. The minimum Gasteiger partial charge on any atom is -0.495 e. The molecule has 1 aromatic carbocycles. The van der Waals surface area contributed by atoms with Crippen molar-refractivity contribution >= 4 is 22.9 Å². The number of thiophene rings is 1. The van der Waals surface area contributed by atoms with Crippen LogP contribution in [0.15, 0.2) is 46.2 Å². The zero-order chi connectivity index (χ0) is 19.1. The maximum Gasteiger partial charge on any atom is 0.279 e. The lowest BCUT2D eigenvalue weighted by molar-refractivity contribution is -0.907. The number of nitrogens with one attached hydrogen (secondary N) is 2. The molecule has 2 aromatic heterocycles. The van der Waals surface area contributed by atoms with Gasteiger partial charge in [-0.1, -0.05) is 25.1 Å². The minimum atomic E-state index is -0.0825. The van der Waals surface area contributed by atoms with Crippen LogP contribution in [0.2, 0.25) is 0 Å². The van der Waals surface area contributed by atoms with E-state index < -0.39 is 0 Å². The highest BCUT2D eigenvalue weighted by molar-refractivity contribution is 7.13. The lowest BCUT2D eigenvalue weighted by Crippen LogP contribution is -3.11. The Bertz CT molecular complexity index is 863. The lowest BCUT2D eigenvalue weighted by Gasteiger charge is -2.17. The number of hydrogen-bond donors (Lipinski definition) is 2. The van der Waals surface area contributed by atoms with Gasteiger partial charge in [0, 0.05) is 0 Å². The van der Waals surface area contributed by atoms with E-state index in [1.165, 1.54) is 0 Å². The number of aromatic nitrogens is 2. The average Bonchev–Trinajstić information content (AvgIpc) is 3.34. The third-order valence-corrected chi connectivity index (χ3v) is 4.85. The predicted molar refractivity (Wildman–Crippen MR) is 104 cm³/mol. The molecule has 0 radical (unpaired) electrons. The highest BCUT2D eigenvalue weighted by Gasteiger charge is 2.19. The van der Waals surface area contributed by atoms with Gasteiger partial charge in [-0.05, 0) is 30.0 Å². The molecule has 0 aliphatic rings. The number of nitrogens with zero attached hydrogens (tertiary/aromatic N) is 2. The number of ether oxygens (including phenoxy) is 1. The molecule has 8 heteroatoms. The van der Waals surface area contributed by atoms with Gasteiger partial charge in [-0.25, -0.2) is 0 Å². The summed E-state index contributed by atoms with van der Waals surface area (Å²) in [6.45, 7) is 3.73. The molecule has 2 N–H and O–H groups in total. The van der Waals surface area contributed by atoms with Crippen LogP contribution in [-0.4, -0.2) is 36.3 Å². The van der Waals surface area contributed by atoms with Crippen LogP contribution in [0, 0.1) is 0 Å². The maximum absolute atomic E-state index is 12.5. The fourth-order valence-electron chi connectivity index (χ4n) is 2.80. The molecule has 0 bridgehead atoms. The Morgan fingerprint density at radius 1 is 1.26 bits per heavy atom. The molecule has 0 aliphatic heterocycles. The molecule has 1 atom stereocenters. The second kappa shape index (κ2) is 9.29. The molecule has 0 saturated carbocycles. The summed E-state index contributed by atoms with van der Waals surface area (Å²) in [5.41, 5.74) is 0.665. The van der Waals surface area contributed by atoms with Crippen molar-refractivity contribution in [3.63, 3.8) is 0 Å². The third-order valence-electron chi connectivity index (χ3n) is 4.00. The van der Waals surface area contributed by atoms with E-state index in [0.717, 1.165) is 22.7 Å². The van der Waals surface area contributed by atoms with Crippen molar-refractivity contribution in [1.82, 2.24) is 10.2 Å². The fourth-order valence-corrected chi connectivity index (χ4v) is 3.45. The van der Waals surface area contributed by atoms with Crippen LogP contribution in [0.25, 0.3) is 10.8 Å². The number of para-hydroxylation sites is 2. The molecule has 1 amide bonds. The monoisotopic (exact) mass is 387 g/mol. The molecule has 3 rings (SSSR count). The molecule has 0 saturated heterocycles. The number of quaternary nitrogens is 1. The maximum atomic E-state index is 12.5. The summed E-state index contributed by atoms with van der Waals surface area (Å²) in [6, 6.07) is 11.3. The van der Waals surface area contributed by atoms with Crippen molar-refractivity contribution in [2.24, 2.45) is 0 Å². The van der Waals surface area contributed by atoms with Gasteiger partial charge < -0.3 is 19.4 Å². The largest absolute Gasteiger partial charge is 0.495 e. The van der Waals surface area contributed by atoms with E-state index in [1.807, 2.05) is 41.8 Å². The van der Waals surface area contributed by atoms with Gasteiger partial charge >= 0.3 is 0 Å². The van der Waals surface area contributed by atoms with E-state index in [0.29, 0.717) is 36.3 Å². The fraction of sp³-hybridized carbons (Fsp3) is 0.316. The molecule has 27 heavy (non-hydrogen) atoms. The van der Waals surface area contributed by atoms with E-state index in [4.69, 9.17) is 9.15 Å². The quantitative estimate of drug-likeness (QED) is 0.588. The highest BCUT2D eigenvalue weighted by Crippen LogP contribution is 2.23. The first-order chi connectivity index (χ1) is 13.2. The third kappa shape index (κ3) is 5.15. The van der Waals surface area contributed by atoms with Crippen LogP contribution in [0.4, 0.5) is 5.69 Å². The van der Waals surface area contributed by atoms with Gasteiger partial charge in [0.05, 0.1) is 24.2 Å². The summed E-state index contributed by atoms with van der Waals surface area (Å²) >= 11 is 1.55. The second-order valence-electron chi connectivity index (χ2n) is 6.08. The van der Waals surface area contributed by atoms with Gasteiger partial charge in [-0.15, -0.1) is 21.5 Å². The van der Waals surface area contributed by atoms with Gasteiger partial charge in [-0.2, -0.15) is 0 Å². The zero-order valence-corrected chi connectivity index (χ0v) is 16.2. The summed E-state index contributed by atoms with van der Waals surface area (Å²) in [6.07, 6.45) is 0.948. The topological polar surface area (TPSA) is 81.7 Å².